The van der Waals surface area contributed by atoms with Gasteiger partial charge < -0.3 is 15.6 Å². The maximum atomic E-state index is 11.9. The van der Waals surface area contributed by atoms with E-state index in [1.165, 1.54) is 5.56 Å². The van der Waals surface area contributed by atoms with Gasteiger partial charge in [0.2, 0.25) is 0 Å². The Bertz CT molecular complexity index is 371. The first kappa shape index (κ1) is 20.2. The van der Waals surface area contributed by atoms with Crippen LogP contribution in [0.25, 0.3) is 0 Å². The molecule has 0 saturated heterocycles. The summed E-state index contributed by atoms with van der Waals surface area (Å²) in [6.07, 6.45) is 3.95. The number of ether oxygens (including phenoxy) is 1. The van der Waals surface area contributed by atoms with Crippen LogP contribution >= 0.6 is 12.4 Å². The van der Waals surface area contributed by atoms with Crippen LogP contribution in [0.3, 0.4) is 0 Å². The first-order valence-corrected chi connectivity index (χ1v) is 7.25. The highest BCUT2D eigenvalue weighted by molar-refractivity contribution is 5.85. The van der Waals surface area contributed by atoms with Gasteiger partial charge in [0.25, 0.3) is 0 Å². The SMILES string of the molecule is C[C@](N)(CO)CCc1ccc(OCCCCCF)cc1.Cl. The first-order chi connectivity index (χ1) is 9.57. The fourth-order valence-electron chi connectivity index (χ4n) is 1.82. The third-order valence-corrected chi connectivity index (χ3v) is 3.32. The number of nitrogens with two attached hydrogens (primary N) is 1. The number of alkyl halides is 1. The minimum Gasteiger partial charge on any atom is -0.494 e. The first-order valence-electron chi connectivity index (χ1n) is 7.25. The molecule has 0 aliphatic heterocycles. The van der Waals surface area contributed by atoms with Crippen molar-refractivity contribution in [3.05, 3.63) is 29.8 Å². The van der Waals surface area contributed by atoms with Gasteiger partial charge in [-0.05, 0) is 56.7 Å². The lowest BCUT2D eigenvalue weighted by molar-refractivity contribution is 0.200. The molecule has 0 aromatic heterocycles. The van der Waals surface area contributed by atoms with Crippen molar-refractivity contribution < 1.29 is 14.2 Å². The summed E-state index contributed by atoms with van der Waals surface area (Å²) in [5.74, 6) is 0.840. The zero-order valence-electron chi connectivity index (χ0n) is 12.7. The number of benzene rings is 1. The lowest BCUT2D eigenvalue weighted by atomic mass is 9.95. The third-order valence-electron chi connectivity index (χ3n) is 3.32. The number of aliphatic hydroxyl groups is 1. The van der Waals surface area contributed by atoms with Crippen LogP contribution in [0.15, 0.2) is 24.3 Å². The fourth-order valence-corrected chi connectivity index (χ4v) is 1.82. The van der Waals surface area contributed by atoms with Crippen molar-refractivity contribution in [1.29, 1.82) is 0 Å². The monoisotopic (exact) mass is 319 g/mol. The van der Waals surface area contributed by atoms with Crippen LogP contribution in [0, 0.1) is 0 Å². The summed E-state index contributed by atoms with van der Waals surface area (Å²) in [6.45, 7) is 2.22. The summed E-state index contributed by atoms with van der Waals surface area (Å²) in [7, 11) is 0. The van der Waals surface area contributed by atoms with E-state index in [1.807, 2.05) is 31.2 Å². The van der Waals surface area contributed by atoms with Crippen molar-refractivity contribution in [2.24, 2.45) is 5.73 Å². The topological polar surface area (TPSA) is 55.5 Å². The van der Waals surface area contributed by atoms with Crippen LogP contribution in [-0.4, -0.2) is 30.5 Å². The molecular formula is C16H27ClFNO2. The maximum Gasteiger partial charge on any atom is 0.119 e. The Morgan fingerprint density at radius 2 is 1.86 bits per heavy atom. The maximum absolute atomic E-state index is 11.9. The largest absolute Gasteiger partial charge is 0.494 e. The number of rotatable bonds is 10. The van der Waals surface area contributed by atoms with E-state index in [2.05, 4.69) is 0 Å². The van der Waals surface area contributed by atoms with E-state index >= 15 is 0 Å². The second kappa shape index (κ2) is 10.8. The van der Waals surface area contributed by atoms with E-state index in [0.717, 1.165) is 31.4 Å². The summed E-state index contributed by atoms with van der Waals surface area (Å²) in [5.41, 5.74) is 6.56. The smallest absolute Gasteiger partial charge is 0.119 e. The molecule has 0 heterocycles. The molecule has 21 heavy (non-hydrogen) atoms. The van der Waals surface area contributed by atoms with Crippen LogP contribution in [-0.2, 0) is 6.42 Å². The predicted molar refractivity (Wildman–Crippen MR) is 87.0 cm³/mol. The molecule has 3 N–H and O–H groups in total. The van der Waals surface area contributed by atoms with Gasteiger partial charge in [0, 0.05) is 5.54 Å². The molecule has 0 radical (unpaired) electrons. The predicted octanol–water partition coefficient (Wildman–Crippen LogP) is 3.27. The fraction of sp³-hybridized carbons (Fsp3) is 0.625. The van der Waals surface area contributed by atoms with Crippen molar-refractivity contribution in [2.45, 2.75) is 44.6 Å². The van der Waals surface area contributed by atoms with Crippen LogP contribution in [0.2, 0.25) is 0 Å². The standard InChI is InChI=1S/C16H26FNO2.ClH/c1-16(18,13-19)10-9-14-5-7-15(8-6-14)20-12-4-2-3-11-17;/h5-8,19H,2-4,9-13,18H2,1H3;1H/t16-;/m1./s1. The van der Waals surface area contributed by atoms with E-state index in [0.29, 0.717) is 13.0 Å². The summed E-state index contributed by atoms with van der Waals surface area (Å²) >= 11 is 0. The Labute approximate surface area is 133 Å². The van der Waals surface area contributed by atoms with Crippen LogP contribution < -0.4 is 10.5 Å². The van der Waals surface area contributed by atoms with Crippen molar-refractivity contribution in [3.8, 4) is 5.75 Å². The summed E-state index contributed by atoms with van der Waals surface area (Å²) in [5, 5.41) is 9.11. The van der Waals surface area contributed by atoms with Gasteiger partial charge in [-0.25, -0.2) is 0 Å². The normalized spacial score (nSPS) is 13.3. The molecule has 1 rings (SSSR count). The molecule has 0 aliphatic rings. The zero-order chi connectivity index (χ0) is 14.8. The highest BCUT2D eigenvalue weighted by atomic mass is 35.5. The Morgan fingerprint density at radius 3 is 2.43 bits per heavy atom. The molecular weight excluding hydrogens is 293 g/mol. The van der Waals surface area contributed by atoms with E-state index in [-0.39, 0.29) is 25.7 Å². The van der Waals surface area contributed by atoms with Gasteiger partial charge in [0.15, 0.2) is 0 Å². The van der Waals surface area contributed by atoms with Crippen molar-refractivity contribution in [1.82, 2.24) is 0 Å². The van der Waals surface area contributed by atoms with Crippen molar-refractivity contribution in [2.75, 3.05) is 19.9 Å². The van der Waals surface area contributed by atoms with E-state index in [9.17, 15) is 4.39 Å². The van der Waals surface area contributed by atoms with Crippen molar-refractivity contribution in [3.63, 3.8) is 0 Å². The molecule has 0 aliphatic carbocycles. The van der Waals surface area contributed by atoms with Crippen LogP contribution in [0.4, 0.5) is 4.39 Å². The Balaban J connectivity index is 0.00000400. The van der Waals surface area contributed by atoms with Gasteiger partial charge in [0.05, 0.1) is 19.9 Å². The molecule has 0 unspecified atom stereocenters. The lowest BCUT2D eigenvalue weighted by Crippen LogP contribution is -2.40. The average molecular weight is 320 g/mol. The molecule has 0 amide bonds. The van der Waals surface area contributed by atoms with Gasteiger partial charge in [-0.3, -0.25) is 4.39 Å². The molecule has 3 nitrogen and oxygen atoms in total. The molecule has 0 spiro atoms. The van der Waals surface area contributed by atoms with Crippen LogP contribution in [0.5, 0.6) is 5.75 Å². The summed E-state index contributed by atoms with van der Waals surface area (Å²) in [4.78, 5) is 0. The van der Waals surface area contributed by atoms with Gasteiger partial charge in [-0.15, -0.1) is 12.4 Å². The minimum atomic E-state index is -0.522. The molecule has 5 heteroatoms. The second-order valence-electron chi connectivity index (χ2n) is 5.55. The minimum absolute atomic E-state index is 0. The number of halogens is 2. The van der Waals surface area contributed by atoms with E-state index < -0.39 is 5.54 Å². The Hall–Kier alpha value is -0.840. The van der Waals surface area contributed by atoms with E-state index in [4.69, 9.17) is 15.6 Å². The lowest BCUT2D eigenvalue weighted by Gasteiger charge is -2.21. The molecule has 0 fully saturated rings. The van der Waals surface area contributed by atoms with Gasteiger partial charge in [-0.1, -0.05) is 12.1 Å². The number of unbranched alkanes of at least 4 members (excludes halogenated alkanes) is 2. The summed E-state index contributed by atoms with van der Waals surface area (Å²) in [6, 6.07) is 7.92. The van der Waals surface area contributed by atoms with Crippen LogP contribution in [0.1, 0.15) is 38.2 Å². The van der Waals surface area contributed by atoms with Gasteiger partial charge in [-0.2, -0.15) is 0 Å². The summed E-state index contributed by atoms with van der Waals surface area (Å²) < 4.78 is 17.5. The van der Waals surface area contributed by atoms with Crippen molar-refractivity contribution >= 4 is 12.4 Å². The average Bonchev–Trinajstić information content (AvgIpc) is 2.46. The Morgan fingerprint density at radius 1 is 1.19 bits per heavy atom. The molecule has 1 aromatic carbocycles. The zero-order valence-corrected chi connectivity index (χ0v) is 13.5. The quantitative estimate of drug-likeness (QED) is 0.651. The molecule has 122 valence electrons. The highest BCUT2D eigenvalue weighted by Gasteiger charge is 2.16. The number of aliphatic hydroxyl groups excluding tert-OH is 1. The molecule has 1 atom stereocenters. The molecule has 1 aromatic rings. The van der Waals surface area contributed by atoms with Gasteiger partial charge in [0.1, 0.15) is 5.75 Å². The Kier molecular flexibility index (Phi) is 10.4. The third kappa shape index (κ3) is 8.91. The molecule has 0 saturated carbocycles. The van der Waals surface area contributed by atoms with Gasteiger partial charge >= 0.3 is 0 Å². The van der Waals surface area contributed by atoms with E-state index in [1.54, 1.807) is 0 Å². The highest BCUT2D eigenvalue weighted by Crippen LogP contribution is 2.16. The molecule has 0 bridgehead atoms. The number of hydrogen-bond acceptors (Lipinski definition) is 3. The number of hydrogen-bond donors (Lipinski definition) is 2. The number of aryl methyl sites for hydroxylation is 1. The second-order valence-corrected chi connectivity index (χ2v) is 5.55.